The fraction of sp³-hybridized carbons (Fsp3) is 0.263. The van der Waals surface area contributed by atoms with Gasteiger partial charge in [0.25, 0.3) is 0 Å². The van der Waals surface area contributed by atoms with Gasteiger partial charge in [-0.2, -0.15) is 0 Å². The van der Waals surface area contributed by atoms with E-state index in [2.05, 4.69) is 108 Å². The van der Waals surface area contributed by atoms with Crippen LogP contribution in [0, 0.1) is 38.8 Å². The smallest absolute Gasteiger partial charge is 0.120 e. The van der Waals surface area contributed by atoms with Gasteiger partial charge in [-0.15, -0.1) is 53.6 Å². The molecule has 1 radical (unpaired) electrons. The fourth-order valence-corrected chi connectivity index (χ4v) is 6.89. The third-order valence-electron chi connectivity index (χ3n) is 7.63. The predicted octanol–water partition coefficient (Wildman–Crippen LogP) is 9.66. The summed E-state index contributed by atoms with van der Waals surface area (Å²) < 4.78 is 6.04. The van der Waals surface area contributed by atoms with E-state index in [1.54, 1.807) is 0 Å². The van der Waals surface area contributed by atoms with E-state index in [4.69, 9.17) is 9.40 Å². The Morgan fingerprint density at radius 1 is 0.791 bits per heavy atom. The molecule has 0 saturated carbocycles. The summed E-state index contributed by atoms with van der Waals surface area (Å²) in [6, 6.07) is 29.3. The molecule has 0 aliphatic rings. The minimum Gasteiger partial charge on any atom is -0.501 e. The van der Waals surface area contributed by atoms with Gasteiger partial charge in [-0.1, -0.05) is 92.8 Å². The molecule has 6 rings (SSSR count). The average Bonchev–Trinajstić information content (AvgIpc) is 3.33. The third-order valence-corrected chi connectivity index (χ3v) is 9.69. The Hall–Kier alpha value is -3.37. The van der Waals surface area contributed by atoms with Crippen molar-refractivity contribution < 1.29 is 24.5 Å². The van der Waals surface area contributed by atoms with Crippen molar-refractivity contribution in [2.75, 3.05) is 0 Å². The number of pyridine rings is 2. The predicted molar refractivity (Wildman–Crippen MR) is 180 cm³/mol. The maximum absolute atomic E-state index is 6.04. The van der Waals surface area contributed by atoms with E-state index >= 15 is 0 Å². The molecule has 0 unspecified atom stereocenters. The number of fused-ring (bicyclic) bond motifs is 3. The molecule has 5 heteroatoms. The van der Waals surface area contributed by atoms with Gasteiger partial charge in [0.1, 0.15) is 5.58 Å². The van der Waals surface area contributed by atoms with Gasteiger partial charge < -0.3 is 14.4 Å². The van der Waals surface area contributed by atoms with Crippen LogP contribution < -0.4 is 5.19 Å². The molecule has 223 valence electrons. The SMILES string of the molecule is Cc1cc[c-]c(-c2cc(CC(C)C)c([Si](C)(C)C)cn2)c1.Cc1cnc(-c2[c-]ccc3c2oc2ccccc23)cc1C.[Ir]. The second kappa shape index (κ2) is 13.5. The molecule has 0 N–H and O–H groups in total. The average molecular weight is 761 g/mol. The summed E-state index contributed by atoms with van der Waals surface area (Å²) in [6.07, 6.45) is 5.15. The molecule has 3 nitrogen and oxygen atoms in total. The molecular weight excluding hydrogens is 721 g/mol. The van der Waals surface area contributed by atoms with E-state index < -0.39 is 8.07 Å². The van der Waals surface area contributed by atoms with Gasteiger partial charge in [0.05, 0.1) is 13.7 Å². The number of aromatic nitrogens is 2. The molecule has 3 aromatic carbocycles. The van der Waals surface area contributed by atoms with Crippen LogP contribution in [0.4, 0.5) is 0 Å². The summed E-state index contributed by atoms with van der Waals surface area (Å²) in [5.74, 6) is 0.664. The van der Waals surface area contributed by atoms with Crippen LogP contribution in [-0.4, -0.2) is 18.0 Å². The first-order valence-corrected chi connectivity index (χ1v) is 18.2. The normalized spacial score (nSPS) is 11.4. The fourth-order valence-electron chi connectivity index (χ4n) is 5.30. The summed E-state index contributed by atoms with van der Waals surface area (Å²) in [5, 5.41) is 3.73. The molecule has 0 saturated heterocycles. The van der Waals surface area contributed by atoms with E-state index in [0.717, 1.165) is 50.9 Å². The van der Waals surface area contributed by atoms with Crippen LogP contribution in [0.25, 0.3) is 44.5 Å². The van der Waals surface area contributed by atoms with Crippen molar-refractivity contribution in [1.82, 2.24) is 9.97 Å². The van der Waals surface area contributed by atoms with Crippen molar-refractivity contribution >= 4 is 35.2 Å². The topological polar surface area (TPSA) is 38.9 Å². The van der Waals surface area contributed by atoms with E-state index in [-0.39, 0.29) is 20.1 Å². The van der Waals surface area contributed by atoms with Gasteiger partial charge in [-0.3, -0.25) is 0 Å². The van der Waals surface area contributed by atoms with E-state index in [0.29, 0.717) is 5.92 Å². The number of benzene rings is 3. The zero-order chi connectivity index (χ0) is 30.0. The maximum atomic E-state index is 6.04. The van der Waals surface area contributed by atoms with Crippen molar-refractivity contribution in [1.29, 1.82) is 0 Å². The standard InChI is InChI=1S/C19H14NO.C19H26NSi.Ir/c1-12-10-17(20-11-13(12)2)16-8-5-7-15-14-6-3-4-9-18(14)21-19(15)16;1-14(2)10-17-12-18(16-9-7-8-15(3)11-16)20-13-19(17)21(4,5)6;/h3-7,9-11H,1-2H3;7-8,11-14H,10H2,1-6H3;/q2*-1;. The Kier molecular flexibility index (Phi) is 10.2. The van der Waals surface area contributed by atoms with Crippen molar-refractivity contribution in [2.24, 2.45) is 5.92 Å². The number of aryl methyl sites for hydroxylation is 3. The quantitative estimate of drug-likeness (QED) is 0.130. The van der Waals surface area contributed by atoms with Crippen LogP contribution in [0.2, 0.25) is 19.6 Å². The summed E-state index contributed by atoms with van der Waals surface area (Å²) in [6.45, 7) is 18.0. The second-order valence-electron chi connectivity index (χ2n) is 12.7. The number of nitrogens with zero attached hydrogens (tertiary/aromatic N) is 2. The summed E-state index contributed by atoms with van der Waals surface area (Å²) in [5.41, 5.74) is 10.9. The first-order chi connectivity index (χ1) is 20.0. The minimum absolute atomic E-state index is 0. The summed E-state index contributed by atoms with van der Waals surface area (Å²) in [4.78, 5) is 9.27. The molecule has 0 bridgehead atoms. The minimum atomic E-state index is -1.35. The van der Waals surface area contributed by atoms with Crippen LogP contribution >= 0.6 is 0 Å². The molecule has 0 aliphatic heterocycles. The van der Waals surface area contributed by atoms with Gasteiger partial charge in [0, 0.05) is 37.9 Å². The van der Waals surface area contributed by atoms with E-state index in [1.807, 2.05) is 42.6 Å². The van der Waals surface area contributed by atoms with E-state index in [1.165, 1.54) is 27.4 Å². The first-order valence-electron chi connectivity index (χ1n) is 14.7. The van der Waals surface area contributed by atoms with Gasteiger partial charge in [-0.25, -0.2) is 0 Å². The van der Waals surface area contributed by atoms with Crippen LogP contribution in [0.5, 0.6) is 0 Å². The number of hydrogen-bond donors (Lipinski definition) is 0. The molecule has 3 aromatic heterocycles. The first kappa shape index (κ1) is 32.5. The van der Waals surface area contributed by atoms with Gasteiger partial charge >= 0.3 is 0 Å². The Morgan fingerprint density at radius 2 is 1.51 bits per heavy atom. The molecule has 43 heavy (non-hydrogen) atoms. The monoisotopic (exact) mass is 761 g/mol. The molecule has 0 atom stereocenters. The van der Waals surface area contributed by atoms with Crippen molar-refractivity contribution in [3.8, 4) is 22.5 Å². The molecule has 0 fully saturated rings. The van der Waals surface area contributed by atoms with Crippen molar-refractivity contribution in [3.05, 3.63) is 114 Å². The number of furan rings is 1. The Balaban J connectivity index is 0.000000192. The molecular formula is C38H40IrN2OSi-2. The zero-order valence-electron chi connectivity index (χ0n) is 26.4. The molecule has 0 spiro atoms. The van der Waals surface area contributed by atoms with E-state index in [9.17, 15) is 0 Å². The van der Waals surface area contributed by atoms with Crippen molar-refractivity contribution in [2.45, 2.75) is 60.7 Å². The summed E-state index contributed by atoms with van der Waals surface area (Å²) in [7, 11) is -1.35. The number of rotatable bonds is 5. The van der Waals surface area contributed by atoms with Gasteiger partial charge in [-0.05, 0) is 54.4 Å². The number of hydrogen-bond acceptors (Lipinski definition) is 3. The Morgan fingerprint density at radius 3 is 2.21 bits per heavy atom. The molecule has 0 amide bonds. The van der Waals surface area contributed by atoms with Gasteiger partial charge in [0.15, 0.2) is 0 Å². The van der Waals surface area contributed by atoms with Crippen molar-refractivity contribution in [3.63, 3.8) is 0 Å². The largest absolute Gasteiger partial charge is 0.501 e. The van der Waals surface area contributed by atoms with Gasteiger partial charge in [0.2, 0.25) is 0 Å². The van der Waals surface area contributed by atoms with Crippen LogP contribution in [0.15, 0.2) is 83.5 Å². The maximum Gasteiger partial charge on any atom is 0.120 e. The van der Waals surface area contributed by atoms with Crippen LogP contribution in [0.3, 0.4) is 0 Å². The second-order valence-corrected chi connectivity index (χ2v) is 17.7. The Bertz CT molecular complexity index is 1870. The van der Waals surface area contributed by atoms with Crippen LogP contribution in [0.1, 0.15) is 36.1 Å². The zero-order valence-corrected chi connectivity index (χ0v) is 29.8. The third kappa shape index (κ3) is 7.41. The Labute approximate surface area is 271 Å². The number of para-hydroxylation sites is 1. The summed E-state index contributed by atoms with van der Waals surface area (Å²) >= 11 is 0. The molecule has 0 aliphatic carbocycles. The molecule has 3 heterocycles. The molecule has 6 aromatic rings. The van der Waals surface area contributed by atoms with Crippen LogP contribution in [-0.2, 0) is 26.5 Å².